The molecule has 1 atom stereocenters. The van der Waals surface area contributed by atoms with E-state index in [1.807, 2.05) is 6.20 Å². The summed E-state index contributed by atoms with van der Waals surface area (Å²) in [5.41, 5.74) is 1.52. The number of rotatable bonds is 5. The van der Waals surface area contributed by atoms with Crippen molar-refractivity contribution in [1.29, 1.82) is 0 Å². The van der Waals surface area contributed by atoms with Crippen molar-refractivity contribution in [3.63, 3.8) is 0 Å². The number of cyclic esters (lactones) is 1. The molecule has 0 radical (unpaired) electrons. The average molecular weight is 428 g/mol. The Hall–Kier alpha value is -2.73. The standard InChI is InChI=1S/C17H18F2N4O5S/c1-21-5-10-6-22(8-12(10)20-21)13-3-4-14(16(19)15(13)18)23-7-11(28-17(23)24)9-27-29(2,25)26/h3-5,11H,6-9H2,1-2H3/t11-/m1/s1. The molecule has 9 nitrogen and oxygen atoms in total. The lowest BCUT2D eigenvalue weighted by atomic mass is 10.2. The van der Waals surface area contributed by atoms with Gasteiger partial charge in [-0.15, -0.1) is 0 Å². The van der Waals surface area contributed by atoms with Crippen molar-refractivity contribution in [2.75, 3.05) is 29.2 Å². The molecule has 1 saturated heterocycles. The van der Waals surface area contributed by atoms with E-state index in [0.717, 1.165) is 22.4 Å². The molecule has 0 N–H and O–H groups in total. The quantitative estimate of drug-likeness (QED) is 0.667. The van der Waals surface area contributed by atoms with Gasteiger partial charge in [-0.2, -0.15) is 13.5 Å². The fourth-order valence-corrected chi connectivity index (χ4v) is 3.85. The van der Waals surface area contributed by atoms with E-state index in [1.54, 1.807) is 16.6 Å². The van der Waals surface area contributed by atoms with E-state index >= 15 is 0 Å². The van der Waals surface area contributed by atoms with Crippen LogP contribution in [0.1, 0.15) is 11.3 Å². The molecule has 2 aliphatic rings. The van der Waals surface area contributed by atoms with Gasteiger partial charge < -0.3 is 9.64 Å². The average Bonchev–Trinajstić information content (AvgIpc) is 3.27. The normalized spacial score (nSPS) is 19.0. The van der Waals surface area contributed by atoms with Crippen molar-refractivity contribution in [2.24, 2.45) is 7.05 Å². The number of carbonyl (C=O) groups is 1. The third-order valence-electron chi connectivity index (χ3n) is 4.71. The molecular formula is C17H18F2N4O5S. The maximum atomic E-state index is 14.8. The summed E-state index contributed by atoms with van der Waals surface area (Å²) >= 11 is 0. The number of fused-ring (bicyclic) bond motifs is 1. The number of benzene rings is 1. The number of aromatic nitrogens is 2. The number of anilines is 2. The summed E-state index contributed by atoms with van der Waals surface area (Å²) in [5.74, 6) is -2.27. The molecule has 12 heteroatoms. The second-order valence-electron chi connectivity index (χ2n) is 6.97. The molecule has 0 unspecified atom stereocenters. The first kappa shape index (κ1) is 19.6. The molecule has 29 heavy (non-hydrogen) atoms. The second kappa shape index (κ2) is 6.95. The predicted molar refractivity (Wildman–Crippen MR) is 97.9 cm³/mol. The lowest BCUT2D eigenvalue weighted by Crippen LogP contribution is -2.28. The molecular weight excluding hydrogens is 410 g/mol. The number of halogens is 2. The third kappa shape index (κ3) is 3.77. The predicted octanol–water partition coefficient (Wildman–Crippen LogP) is 1.52. The van der Waals surface area contributed by atoms with Gasteiger partial charge >= 0.3 is 6.09 Å². The minimum Gasteiger partial charge on any atom is -0.441 e. The van der Waals surface area contributed by atoms with Gasteiger partial charge in [-0.3, -0.25) is 13.8 Å². The maximum absolute atomic E-state index is 14.8. The molecule has 4 rings (SSSR count). The number of hydrogen-bond donors (Lipinski definition) is 0. The van der Waals surface area contributed by atoms with Gasteiger partial charge in [0.2, 0.25) is 0 Å². The summed E-state index contributed by atoms with van der Waals surface area (Å²) in [6.07, 6.45) is 0.869. The molecule has 0 aliphatic carbocycles. The summed E-state index contributed by atoms with van der Waals surface area (Å²) in [5, 5.41) is 4.29. The Morgan fingerprint density at radius 1 is 1.24 bits per heavy atom. The van der Waals surface area contributed by atoms with Crippen LogP contribution in [0, 0.1) is 11.6 Å². The molecule has 1 amide bonds. The monoisotopic (exact) mass is 428 g/mol. The molecule has 0 saturated carbocycles. The molecule has 3 heterocycles. The highest BCUT2D eigenvalue weighted by atomic mass is 32.2. The molecule has 2 aliphatic heterocycles. The summed E-state index contributed by atoms with van der Waals surface area (Å²) in [6, 6.07) is 2.69. The van der Waals surface area contributed by atoms with Gasteiger partial charge in [0.25, 0.3) is 10.1 Å². The van der Waals surface area contributed by atoms with Gasteiger partial charge in [-0.05, 0) is 12.1 Å². The van der Waals surface area contributed by atoms with Crippen molar-refractivity contribution in [1.82, 2.24) is 9.78 Å². The van der Waals surface area contributed by atoms with Crippen molar-refractivity contribution in [3.05, 3.63) is 41.2 Å². The number of nitrogens with zero attached hydrogens (tertiary/aromatic N) is 4. The van der Waals surface area contributed by atoms with Crippen molar-refractivity contribution < 1.29 is 30.9 Å². The zero-order valence-corrected chi connectivity index (χ0v) is 16.4. The smallest absolute Gasteiger partial charge is 0.414 e. The molecule has 156 valence electrons. The van der Waals surface area contributed by atoms with Crippen LogP contribution in [0.2, 0.25) is 0 Å². The van der Waals surface area contributed by atoms with Crippen LogP contribution < -0.4 is 9.80 Å². The van der Waals surface area contributed by atoms with Crippen LogP contribution in [-0.4, -0.2) is 49.8 Å². The molecule has 1 aromatic heterocycles. The SMILES string of the molecule is Cn1cc2c(n1)CN(c1ccc(N3C[C@H](COS(C)(=O)=O)OC3=O)c(F)c1F)C2. The van der Waals surface area contributed by atoms with Crippen molar-refractivity contribution >= 4 is 27.6 Å². The summed E-state index contributed by atoms with van der Waals surface area (Å²) in [6.45, 7) is 0.185. The number of amides is 1. The van der Waals surface area contributed by atoms with E-state index in [4.69, 9.17) is 4.74 Å². The van der Waals surface area contributed by atoms with E-state index in [-0.39, 0.29) is 17.9 Å². The van der Waals surface area contributed by atoms with Gasteiger partial charge in [0.1, 0.15) is 12.7 Å². The van der Waals surface area contributed by atoms with E-state index in [2.05, 4.69) is 9.28 Å². The molecule has 0 spiro atoms. The number of ether oxygens (including phenoxy) is 1. The zero-order chi connectivity index (χ0) is 20.9. The minimum absolute atomic E-state index is 0.0661. The Bertz CT molecular complexity index is 1060. The number of aryl methyl sites for hydroxylation is 1. The van der Waals surface area contributed by atoms with Gasteiger partial charge in [-0.1, -0.05) is 0 Å². The third-order valence-corrected chi connectivity index (χ3v) is 5.27. The molecule has 2 aromatic rings. The van der Waals surface area contributed by atoms with Crippen molar-refractivity contribution in [3.8, 4) is 0 Å². The van der Waals surface area contributed by atoms with Gasteiger partial charge in [-0.25, -0.2) is 13.6 Å². The Kier molecular flexibility index (Phi) is 4.69. The van der Waals surface area contributed by atoms with E-state index in [0.29, 0.717) is 13.1 Å². The fourth-order valence-electron chi connectivity index (χ4n) is 3.45. The van der Waals surface area contributed by atoms with E-state index in [1.165, 1.54) is 12.1 Å². The summed E-state index contributed by atoms with van der Waals surface area (Å²) < 4.78 is 62.9. The molecule has 1 aromatic carbocycles. The Morgan fingerprint density at radius 3 is 2.62 bits per heavy atom. The van der Waals surface area contributed by atoms with Crippen LogP contribution in [0.4, 0.5) is 25.0 Å². The number of hydrogen-bond acceptors (Lipinski definition) is 7. The highest BCUT2D eigenvalue weighted by Gasteiger charge is 2.36. The van der Waals surface area contributed by atoms with Gasteiger partial charge in [0.05, 0.1) is 36.4 Å². The first-order chi connectivity index (χ1) is 13.6. The summed E-state index contributed by atoms with van der Waals surface area (Å²) in [7, 11) is -1.93. The molecule has 1 fully saturated rings. The Morgan fingerprint density at radius 2 is 1.93 bits per heavy atom. The van der Waals surface area contributed by atoms with Crippen molar-refractivity contribution in [2.45, 2.75) is 19.2 Å². The van der Waals surface area contributed by atoms with Crippen LogP contribution >= 0.6 is 0 Å². The Balaban J connectivity index is 1.52. The van der Waals surface area contributed by atoms with Crippen LogP contribution in [0.25, 0.3) is 0 Å². The highest BCUT2D eigenvalue weighted by molar-refractivity contribution is 7.85. The zero-order valence-electron chi connectivity index (χ0n) is 15.6. The van der Waals surface area contributed by atoms with Crippen LogP contribution in [0.3, 0.4) is 0 Å². The van der Waals surface area contributed by atoms with Crippen LogP contribution in [0.15, 0.2) is 18.3 Å². The van der Waals surface area contributed by atoms with Crippen LogP contribution in [0.5, 0.6) is 0 Å². The first-order valence-corrected chi connectivity index (χ1v) is 10.5. The first-order valence-electron chi connectivity index (χ1n) is 8.69. The maximum Gasteiger partial charge on any atom is 0.414 e. The Labute approximate surface area is 165 Å². The van der Waals surface area contributed by atoms with E-state index < -0.39 is 40.6 Å². The fraction of sp³-hybridized carbons (Fsp3) is 0.412. The minimum atomic E-state index is -3.72. The summed E-state index contributed by atoms with van der Waals surface area (Å²) in [4.78, 5) is 14.6. The van der Waals surface area contributed by atoms with Gasteiger partial charge in [0.15, 0.2) is 11.6 Å². The second-order valence-corrected chi connectivity index (χ2v) is 8.61. The highest BCUT2D eigenvalue weighted by Crippen LogP contribution is 2.35. The topological polar surface area (TPSA) is 94.0 Å². The molecule has 0 bridgehead atoms. The largest absolute Gasteiger partial charge is 0.441 e. The lowest BCUT2D eigenvalue weighted by molar-refractivity contribution is 0.107. The lowest BCUT2D eigenvalue weighted by Gasteiger charge is -2.21. The number of carbonyl (C=O) groups excluding carboxylic acids is 1. The van der Waals surface area contributed by atoms with E-state index in [9.17, 15) is 22.0 Å². The van der Waals surface area contributed by atoms with Crippen LogP contribution in [-0.2, 0) is 39.2 Å². The van der Waals surface area contributed by atoms with Gasteiger partial charge in [0, 0.05) is 25.4 Å².